The summed E-state index contributed by atoms with van der Waals surface area (Å²) in [6, 6.07) is 1.56. The normalized spacial score (nSPS) is 12.8. The second-order valence-corrected chi connectivity index (χ2v) is 4.08. The van der Waals surface area contributed by atoms with Crippen LogP contribution in [0.5, 0.6) is 0 Å². The van der Waals surface area contributed by atoms with Gasteiger partial charge in [-0.1, -0.05) is 0 Å². The van der Waals surface area contributed by atoms with Crippen molar-refractivity contribution < 1.29 is 26.3 Å². The molecule has 1 rings (SSSR count). The molecule has 0 unspecified atom stereocenters. The van der Waals surface area contributed by atoms with E-state index in [0.29, 0.717) is 6.42 Å². The van der Waals surface area contributed by atoms with E-state index in [0.717, 1.165) is 12.1 Å². The van der Waals surface area contributed by atoms with E-state index in [-0.39, 0.29) is 23.9 Å². The highest BCUT2D eigenvalue weighted by Crippen LogP contribution is 2.36. The molecule has 0 bridgehead atoms. The van der Waals surface area contributed by atoms with Gasteiger partial charge in [0.15, 0.2) is 0 Å². The van der Waals surface area contributed by atoms with Gasteiger partial charge >= 0.3 is 12.4 Å². The lowest BCUT2D eigenvalue weighted by molar-refractivity contribution is -0.143. The Morgan fingerprint density at radius 1 is 0.833 bits per heavy atom. The van der Waals surface area contributed by atoms with Crippen LogP contribution in [0.3, 0.4) is 0 Å². The quantitative estimate of drug-likeness (QED) is 0.549. The maximum absolute atomic E-state index is 12.5. The molecule has 102 valence electrons. The number of halogens is 7. The molecule has 0 aromatic heterocycles. The fourth-order valence-corrected chi connectivity index (χ4v) is 1.57. The Morgan fingerprint density at radius 2 is 1.28 bits per heavy atom. The highest BCUT2D eigenvalue weighted by Gasteiger charge is 2.36. The molecule has 1 aromatic rings. The summed E-state index contributed by atoms with van der Waals surface area (Å²) in [5.74, 6) is 0.178. The molecule has 0 aliphatic heterocycles. The molecule has 0 fully saturated rings. The predicted octanol–water partition coefficient (Wildman–Crippen LogP) is 4.90. The lowest BCUT2D eigenvalue weighted by Crippen LogP contribution is -2.11. The van der Waals surface area contributed by atoms with Gasteiger partial charge in [0.05, 0.1) is 11.1 Å². The topological polar surface area (TPSA) is 0 Å². The van der Waals surface area contributed by atoms with Gasteiger partial charge in [-0.15, -0.1) is 11.6 Å². The van der Waals surface area contributed by atoms with Gasteiger partial charge in [-0.25, -0.2) is 0 Å². The van der Waals surface area contributed by atoms with E-state index in [2.05, 4.69) is 0 Å². The second kappa shape index (κ2) is 5.38. The van der Waals surface area contributed by atoms with Crippen LogP contribution in [0.15, 0.2) is 18.2 Å². The average Bonchev–Trinajstić information content (AvgIpc) is 2.23. The van der Waals surface area contributed by atoms with Crippen LogP contribution >= 0.6 is 11.6 Å². The minimum absolute atomic E-state index is 0.0159. The van der Waals surface area contributed by atoms with Gasteiger partial charge in [0.25, 0.3) is 0 Å². The standard InChI is InChI=1S/C11H9ClF6/c12-3-1-2-7-4-8(10(13,14)15)6-9(5-7)11(16,17)18/h4-6H,1-3H2. The van der Waals surface area contributed by atoms with Crippen molar-refractivity contribution in [3.63, 3.8) is 0 Å². The van der Waals surface area contributed by atoms with Crippen LogP contribution in [-0.2, 0) is 18.8 Å². The third kappa shape index (κ3) is 4.08. The maximum Gasteiger partial charge on any atom is 0.416 e. The molecule has 0 radical (unpaired) electrons. The van der Waals surface area contributed by atoms with E-state index in [4.69, 9.17) is 11.6 Å². The molecule has 7 heteroatoms. The first-order chi connectivity index (χ1) is 8.14. The van der Waals surface area contributed by atoms with Crippen molar-refractivity contribution >= 4 is 11.6 Å². The molecule has 1 aromatic carbocycles. The van der Waals surface area contributed by atoms with Crippen molar-refractivity contribution in [3.05, 3.63) is 34.9 Å². The summed E-state index contributed by atoms with van der Waals surface area (Å²) in [6.45, 7) is 0. The third-order valence-electron chi connectivity index (χ3n) is 2.25. The summed E-state index contributed by atoms with van der Waals surface area (Å²) in [4.78, 5) is 0. The maximum atomic E-state index is 12.5. The molecular formula is C11H9ClF6. The SMILES string of the molecule is FC(F)(F)c1cc(CCCCl)cc(C(F)(F)F)c1. The van der Waals surface area contributed by atoms with E-state index in [9.17, 15) is 26.3 Å². The fourth-order valence-electron chi connectivity index (χ4n) is 1.43. The summed E-state index contributed by atoms with van der Waals surface area (Å²) in [7, 11) is 0. The molecule has 0 atom stereocenters. The minimum Gasteiger partial charge on any atom is -0.166 e. The molecule has 0 nitrogen and oxygen atoms in total. The van der Waals surface area contributed by atoms with E-state index >= 15 is 0 Å². The summed E-state index contributed by atoms with van der Waals surface area (Å²) in [6.07, 6.45) is -9.19. The highest BCUT2D eigenvalue weighted by molar-refractivity contribution is 6.17. The second-order valence-electron chi connectivity index (χ2n) is 3.71. The Kier molecular flexibility index (Phi) is 4.53. The van der Waals surface area contributed by atoms with Gasteiger partial charge in [0.2, 0.25) is 0 Å². The van der Waals surface area contributed by atoms with Gasteiger partial charge in [-0.05, 0) is 36.6 Å². The Morgan fingerprint density at radius 3 is 1.61 bits per heavy atom. The Hall–Kier alpha value is -0.910. The predicted molar refractivity (Wildman–Crippen MR) is 55.5 cm³/mol. The summed E-state index contributed by atoms with van der Waals surface area (Å²) in [5.41, 5.74) is -2.60. The van der Waals surface area contributed by atoms with Crippen molar-refractivity contribution in [1.82, 2.24) is 0 Å². The third-order valence-corrected chi connectivity index (χ3v) is 2.51. The van der Waals surface area contributed by atoms with Crippen LogP contribution in [0.25, 0.3) is 0 Å². The molecule has 0 spiro atoms. The van der Waals surface area contributed by atoms with Crippen molar-refractivity contribution in [2.45, 2.75) is 25.2 Å². The molecule has 0 heterocycles. The van der Waals surface area contributed by atoms with Crippen molar-refractivity contribution in [2.24, 2.45) is 0 Å². The number of benzene rings is 1. The van der Waals surface area contributed by atoms with E-state index in [1.165, 1.54) is 0 Å². The van der Waals surface area contributed by atoms with Gasteiger partial charge in [-0.3, -0.25) is 0 Å². The number of hydrogen-bond acceptors (Lipinski definition) is 0. The van der Waals surface area contributed by atoms with Crippen LogP contribution in [0.2, 0.25) is 0 Å². The van der Waals surface area contributed by atoms with Gasteiger partial charge in [-0.2, -0.15) is 26.3 Å². The zero-order chi connectivity index (χ0) is 14.0. The van der Waals surface area contributed by atoms with Crippen molar-refractivity contribution in [1.29, 1.82) is 0 Å². The first-order valence-corrected chi connectivity index (χ1v) is 5.52. The molecule has 0 saturated heterocycles. The van der Waals surface area contributed by atoms with Crippen LogP contribution in [0.1, 0.15) is 23.1 Å². The van der Waals surface area contributed by atoms with Crippen molar-refractivity contribution in [3.8, 4) is 0 Å². The molecular weight excluding hydrogens is 282 g/mol. The molecule has 18 heavy (non-hydrogen) atoms. The van der Waals surface area contributed by atoms with Gasteiger partial charge in [0, 0.05) is 5.88 Å². The molecule has 0 aliphatic rings. The molecule has 0 N–H and O–H groups in total. The smallest absolute Gasteiger partial charge is 0.166 e. The van der Waals surface area contributed by atoms with Gasteiger partial charge in [0.1, 0.15) is 0 Å². The Balaban J connectivity index is 3.21. The summed E-state index contributed by atoms with van der Waals surface area (Å²) < 4.78 is 74.8. The van der Waals surface area contributed by atoms with Crippen LogP contribution in [0.4, 0.5) is 26.3 Å². The van der Waals surface area contributed by atoms with Crippen LogP contribution < -0.4 is 0 Å². The Bertz CT molecular complexity index is 375. The first-order valence-electron chi connectivity index (χ1n) is 4.99. The average molecular weight is 291 g/mol. The highest BCUT2D eigenvalue weighted by atomic mass is 35.5. The fraction of sp³-hybridized carbons (Fsp3) is 0.455. The number of hydrogen-bond donors (Lipinski definition) is 0. The van der Waals surface area contributed by atoms with E-state index in [1.807, 2.05) is 0 Å². The monoisotopic (exact) mass is 290 g/mol. The van der Waals surface area contributed by atoms with Gasteiger partial charge < -0.3 is 0 Å². The molecule has 0 amide bonds. The van der Waals surface area contributed by atoms with E-state index < -0.39 is 23.5 Å². The van der Waals surface area contributed by atoms with Crippen LogP contribution in [0, 0.1) is 0 Å². The lowest BCUT2D eigenvalue weighted by Gasteiger charge is -2.14. The van der Waals surface area contributed by atoms with E-state index in [1.54, 1.807) is 0 Å². The lowest BCUT2D eigenvalue weighted by atomic mass is 10.0. The minimum atomic E-state index is -4.79. The number of alkyl halides is 7. The number of rotatable bonds is 3. The first kappa shape index (κ1) is 15.1. The van der Waals surface area contributed by atoms with Crippen LogP contribution in [-0.4, -0.2) is 5.88 Å². The largest absolute Gasteiger partial charge is 0.416 e. The molecule has 0 saturated carbocycles. The zero-order valence-electron chi connectivity index (χ0n) is 9.00. The summed E-state index contributed by atoms with van der Waals surface area (Å²) in [5, 5.41) is 0. The molecule has 0 aliphatic carbocycles. The van der Waals surface area contributed by atoms with Crippen molar-refractivity contribution in [2.75, 3.05) is 5.88 Å². The zero-order valence-corrected chi connectivity index (χ0v) is 9.76. The number of aryl methyl sites for hydroxylation is 1. The summed E-state index contributed by atoms with van der Waals surface area (Å²) >= 11 is 5.37. The Labute approximate surface area is 105 Å².